The van der Waals surface area contributed by atoms with Gasteiger partial charge in [0.15, 0.2) is 0 Å². The van der Waals surface area contributed by atoms with E-state index >= 15 is 0 Å². The van der Waals surface area contributed by atoms with Crippen molar-refractivity contribution in [3.63, 3.8) is 0 Å². The van der Waals surface area contributed by atoms with Gasteiger partial charge < -0.3 is 9.15 Å². The number of carbonyl (C=O) groups is 1. The molecular weight excluding hydrogens is 244 g/mol. The van der Waals surface area contributed by atoms with Crippen molar-refractivity contribution >= 4 is 5.97 Å². The third kappa shape index (κ3) is 2.65. The van der Waals surface area contributed by atoms with E-state index in [4.69, 9.17) is 9.15 Å². The molecule has 100 valence electrons. The summed E-state index contributed by atoms with van der Waals surface area (Å²) in [5.74, 6) is -0.363. The predicted molar refractivity (Wildman–Crippen MR) is 69.9 cm³/mol. The summed E-state index contributed by atoms with van der Waals surface area (Å²) in [6.07, 6.45) is 0. The first kappa shape index (κ1) is 13.3. The Morgan fingerprint density at radius 3 is 2.42 bits per heavy atom. The van der Waals surface area contributed by atoms with Crippen molar-refractivity contribution in [2.75, 3.05) is 6.61 Å². The van der Waals surface area contributed by atoms with Gasteiger partial charge in [-0.2, -0.15) is 0 Å². The second kappa shape index (κ2) is 5.22. The zero-order valence-corrected chi connectivity index (χ0v) is 11.5. The monoisotopic (exact) mass is 260 g/mol. The Labute approximate surface area is 111 Å². The highest BCUT2D eigenvalue weighted by Gasteiger charge is 2.19. The minimum atomic E-state index is -0.594. The lowest BCUT2D eigenvalue weighted by molar-refractivity contribution is 0.0481. The van der Waals surface area contributed by atoms with Gasteiger partial charge in [0.1, 0.15) is 0 Å². The van der Waals surface area contributed by atoms with Gasteiger partial charge in [0, 0.05) is 5.56 Å². The Morgan fingerprint density at radius 2 is 1.84 bits per heavy atom. The molecule has 0 aliphatic carbocycles. The number of ether oxygens (including phenoxy) is 1. The molecule has 2 rings (SSSR count). The van der Waals surface area contributed by atoms with Crippen LogP contribution in [0.5, 0.6) is 0 Å². The highest BCUT2D eigenvalue weighted by molar-refractivity contribution is 5.84. The van der Waals surface area contributed by atoms with Crippen molar-refractivity contribution in [2.45, 2.75) is 27.7 Å². The number of hydrogen-bond acceptors (Lipinski definition) is 5. The molecule has 1 aromatic heterocycles. The second-order valence-electron chi connectivity index (χ2n) is 4.41. The van der Waals surface area contributed by atoms with E-state index in [1.54, 1.807) is 6.92 Å². The number of esters is 1. The normalized spacial score (nSPS) is 10.5. The van der Waals surface area contributed by atoms with Gasteiger partial charge >= 0.3 is 11.9 Å². The molecule has 19 heavy (non-hydrogen) atoms. The lowest BCUT2D eigenvalue weighted by Gasteiger charge is -2.06. The van der Waals surface area contributed by atoms with E-state index < -0.39 is 5.97 Å². The molecule has 0 saturated carbocycles. The zero-order chi connectivity index (χ0) is 14.0. The van der Waals surface area contributed by atoms with E-state index in [0.717, 1.165) is 16.7 Å². The SMILES string of the molecule is CCOC(=O)c1nnc(-c2c(C)cc(C)cc2C)o1. The van der Waals surface area contributed by atoms with Gasteiger partial charge in [-0.3, -0.25) is 0 Å². The van der Waals surface area contributed by atoms with Crippen LogP contribution >= 0.6 is 0 Å². The third-order valence-corrected chi connectivity index (χ3v) is 2.77. The molecule has 0 amide bonds. The molecule has 2 aromatic rings. The molecule has 0 bridgehead atoms. The summed E-state index contributed by atoms with van der Waals surface area (Å²) in [7, 11) is 0. The summed E-state index contributed by atoms with van der Waals surface area (Å²) in [4.78, 5) is 11.5. The molecule has 0 atom stereocenters. The summed E-state index contributed by atoms with van der Waals surface area (Å²) >= 11 is 0. The molecule has 1 aromatic carbocycles. The molecule has 0 N–H and O–H groups in total. The Morgan fingerprint density at radius 1 is 1.21 bits per heavy atom. The summed E-state index contributed by atoms with van der Waals surface area (Å²) in [6.45, 7) is 7.98. The smallest absolute Gasteiger partial charge is 0.396 e. The number of hydrogen-bond donors (Lipinski definition) is 0. The van der Waals surface area contributed by atoms with Gasteiger partial charge in [0.25, 0.3) is 0 Å². The zero-order valence-electron chi connectivity index (χ0n) is 11.5. The van der Waals surface area contributed by atoms with Crippen molar-refractivity contribution in [2.24, 2.45) is 0 Å². The maximum absolute atomic E-state index is 11.5. The van der Waals surface area contributed by atoms with Crippen LogP contribution in [0.4, 0.5) is 0 Å². The molecule has 5 nitrogen and oxygen atoms in total. The second-order valence-corrected chi connectivity index (χ2v) is 4.41. The van der Waals surface area contributed by atoms with Crippen molar-refractivity contribution in [1.29, 1.82) is 0 Å². The van der Waals surface area contributed by atoms with Crippen LogP contribution in [0.1, 0.15) is 34.3 Å². The van der Waals surface area contributed by atoms with Gasteiger partial charge in [-0.15, -0.1) is 10.2 Å². The van der Waals surface area contributed by atoms with Crippen LogP contribution in [0, 0.1) is 20.8 Å². The molecule has 0 fully saturated rings. The first-order chi connectivity index (χ1) is 9.02. The number of aromatic nitrogens is 2. The highest BCUT2D eigenvalue weighted by atomic mass is 16.5. The quantitative estimate of drug-likeness (QED) is 0.794. The number of rotatable bonds is 3. The van der Waals surface area contributed by atoms with Crippen LogP contribution < -0.4 is 0 Å². The van der Waals surface area contributed by atoms with Crippen molar-refractivity contribution in [1.82, 2.24) is 10.2 Å². The Kier molecular flexibility index (Phi) is 3.64. The average Bonchev–Trinajstić information content (AvgIpc) is 2.77. The van der Waals surface area contributed by atoms with Crippen LogP contribution in [0.25, 0.3) is 11.5 Å². The van der Waals surface area contributed by atoms with Gasteiger partial charge in [-0.1, -0.05) is 17.7 Å². The average molecular weight is 260 g/mol. The van der Waals surface area contributed by atoms with E-state index in [1.807, 2.05) is 32.9 Å². The molecule has 0 spiro atoms. The minimum absolute atomic E-state index is 0.115. The third-order valence-electron chi connectivity index (χ3n) is 2.77. The summed E-state index contributed by atoms with van der Waals surface area (Å²) in [6, 6.07) is 4.08. The van der Waals surface area contributed by atoms with E-state index in [2.05, 4.69) is 10.2 Å². The molecule has 0 aliphatic heterocycles. The van der Waals surface area contributed by atoms with E-state index in [-0.39, 0.29) is 12.5 Å². The topological polar surface area (TPSA) is 65.2 Å². The lowest BCUT2D eigenvalue weighted by atomic mass is 10.00. The first-order valence-corrected chi connectivity index (χ1v) is 6.11. The fraction of sp³-hybridized carbons (Fsp3) is 0.357. The maximum atomic E-state index is 11.5. The van der Waals surface area contributed by atoms with Crippen molar-refractivity contribution < 1.29 is 13.9 Å². The summed E-state index contributed by atoms with van der Waals surface area (Å²) in [5.41, 5.74) is 4.12. The van der Waals surface area contributed by atoms with Crippen LogP contribution in [-0.2, 0) is 4.74 Å². The molecule has 0 saturated heterocycles. The fourth-order valence-electron chi connectivity index (χ4n) is 2.12. The number of carbonyl (C=O) groups excluding carboxylic acids is 1. The molecular formula is C14H16N2O3. The van der Waals surface area contributed by atoms with Gasteiger partial charge in [0.05, 0.1) is 6.61 Å². The van der Waals surface area contributed by atoms with Crippen LogP contribution in [0.3, 0.4) is 0 Å². The standard InChI is InChI=1S/C14H16N2O3/c1-5-18-14(17)13-16-15-12(19-13)11-9(3)6-8(2)7-10(11)4/h6-7H,5H2,1-4H3. The van der Waals surface area contributed by atoms with Crippen LogP contribution in [0.2, 0.25) is 0 Å². The Hall–Kier alpha value is -2.17. The molecule has 0 radical (unpaired) electrons. The van der Waals surface area contributed by atoms with E-state index in [9.17, 15) is 4.79 Å². The highest BCUT2D eigenvalue weighted by Crippen LogP contribution is 2.27. The van der Waals surface area contributed by atoms with Crippen molar-refractivity contribution in [3.8, 4) is 11.5 Å². The molecule has 0 unspecified atom stereocenters. The largest absolute Gasteiger partial charge is 0.459 e. The molecule has 5 heteroatoms. The van der Waals surface area contributed by atoms with E-state index in [0.29, 0.717) is 5.89 Å². The van der Waals surface area contributed by atoms with Gasteiger partial charge in [0.2, 0.25) is 5.89 Å². The number of benzene rings is 1. The first-order valence-electron chi connectivity index (χ1n) is 6.11. The fourth-order valence-corrected chi connectivity index (χ4v) is 2.12. The van der Waals surface area contributed by atoms with Crippen LogP contribution in [-0.4, -0.2) is 22.8 Å². The molecule has 0 aliphatic rings. The Balaban J connectivity index is 2.41. The van der Waals surface area contributed by atoms with Gasteiger partial charge in [-0.25, -0.2) is 4.79 Å². The lowest BCUT2D eigenvalue weighted by Crippen LogP contribution is -2.04. The van der Waals surface area contributed by atoms with Crippen LogP contribution in [0.15, 0.2) is 16.5 Å². The van der Waals surface area contributed by atoms with E-state index in [1.165, 1.54) is 5.56 Å². The Bertz CT molecular complexity index is 594. The van der Waals surface area contributed by atoms with Gasteiger partial charge in [-0.05, 0) is 38.8 Å². The number of nitrogens with zero attached hydrogens (tertiary/aromatic N) is 2. The molecule has 1 heterocycles. The summed E-state index contributed by atoms with van der Waals surface area (Å²) in [5, 5.41) is 7.65. The number of aryl methyl sites for hydroxylation is 3. The van der Waals surface area contributed by atoms with Crippen molar-refractivity contribution in [3.05, 3.63) is 34.7 Å². The predicted octanol–water partition coefficient (Wildman–Crippen LogP) is 2.84. The summed E-state index contributed by atoms with van der Waals surface area (Å²) < 4.78 is 10.2. The maximum Gasteiger partial charge on any atom is 0.396 e. The minimum Gasteiger partial charge on any atom is -0.459 e.